The van der Waals surface area contributed by atoms with Crippen molar-refractivity contribution in [2.75, 3.05) is 27.4 Å². The molecule has 0 spiro atoms. The second-order valence-electron chi connectivity index (χ2n) is 4.92. The van der Waals surface area contributed by atoms with Crippen molar-refractivity contribution < 1.29 is 9.47 Å². The minimum Gasteiger partial charge on any atom is -0.496 e. The third-order valence-corrected chi connectivity index (χ3v) is 3.41. The van der Waals surface area contributed by atoms with Gasteiger partial charge in [-0.3, -0.25) is 0 Å². The summed E-state index contributed by atoms with van der Waals surface area (Å²) in [6.07, 6.45) is 2.06. The van der Waals surface area contributed by atoms with Gasteiger partial charge in [0.1, 0.15) is 5.75 Å². The summed E-state index contributed by atoms with van der Waals surface area (Å²) in [5, 5.41) is 3.38. The molecule has 1 atom stereocenters. The van der Waals surface area contributed by atoms with Crippen molar-refractivity contribution in [3.05, 3.63) is 28.8 Å². The predicted molar refractivity (Wildman–Crippen MR) is 80.0 cm³/mol. The first kappa shape index (κ1) is 16.0. The number of benzene rings is 1. The first-order chi connectivity index (χ1) is 9.13. The third kappa shape index (κ3) is 4.51. The molecule has 1 aromatic carbocycles. The molecule has 19 heavy (non-hydrogen) atoms. The minimum absolute atomic E-state index is 0.335. The zero-order chi connectivity index (χ0) is 14.3. The lowest BCUT2D eigenvalue weighted by Crippen LogP contribution is -2.19. The van der Waals surface area contributed by atoms with Gasteiger partial charge in [0.25, 0.3) is 0 Å². The molecule has 0 amide bonds. The van der Waals surface area contributed by atoms with Gasteiger partial charge >= 0.3 is 0 Å². The lowest BCUT2D eigenvalue weighted by molar-refractivity contribution is 0.125. The third-order valence-electron chi connectivity index (χ3n) is 3.41. The van der Waals surface area contributed by atoms with E-state index in [4.69, 9.17) is 9.47 Å². The molecule has 0 aliphatic heterocycles. The standard InChI is InChI=1S/C16H27NO2/c1-6-8-19-9-7-15(17-4)14-10-13(3)16(18-5)11-12(14)2/h10-11,15,17H,6-9H2,1-5H3. The van der Waals surface area contributed by atoms with E-state index in [0.29, 0.717) is 6.04 Å². The molecule has 1 rings (SSSR count). The van der Waals surface area contributed by atoms with Gasteiger partial charge in [0.2, 0.25) is 0 Å². The van der Waals surface area contributed by atoms with Gasteiger partial charge in [-0.2, -0.15) is 0 Å². The number of hydrogen-bond donors (Lipinski definition) is 1. The Morgan fingerprint density at radius 3 is 2.47 bits per heavy atom. The average molecular weight is 265 g/mol. The van der Waals surface area contributed by atoms with E-state index < -0.39 is 0 Å². The smallest absolute Gasteiger partial charge is 0.122 e. The summed E-state index contributed by atoms with van der Waals surface area (Å²) in [6.45, 7) is 7.99. The van der Waals surface area contributed by atoms with Crippen molar-refractivity contribution in [1.29, 1.82) is 0 Å². The van der Waals surface area contributed by atoms with E-state index in [1.807, 2.05) is 7.05 Å². The van der Waals surface area contributed by atoms with Gasteiger partial charge in [0, 0.05) is 19.3 Å². The fourth-order valence-corrected chi connectivity index (χ4v) is 2.31. The van der Waals surface area contributed by atoms with Crippen LogP contribution >= 0.6 is 0 Å². The molecular formula is C16H27NO2. The van der Waals surface area contributed by atoms with Gasteiger partial charge in [0.05, 0.1) is 7.11 Å². The largest absolute Gasteiger partial charge is 0.496 e. The summed E-state index contributed by atoms with van der Waals surface area (Å²) in [4.78, 5) is 0. The summed E-state index contributed by atoms with van der Waals surface area (Å²) in [5.41, 5.74) is 3.77. The number of rotatable bonds is 8. The summed E-state index contributed by atoms with van der Waals surface area (Å²) in [5.74, 6) is 0.957. The van der Waals surface area contributed by atoms with Gasteiger partial charge in [-0.25, -0.2) is 0 Å². The van der Waals surface area contributed by atoms with Gasteiger partial charge in [-0.15, -0.1) is 0 Å². The highest BCUT2D eigenvalue weighted by Gasteiger charge is 2.14. The Morgan fingerprint density at radius 1 is 1.16 bits per heavy atom. The molecule has 0 saturated heterocycles. The maximum Gasteiger partial charge on any atom is 0.122 e. The Hall–Kier alpha value is -1.06. The minimum atomic E-state index is 0.335. The van der Waals surface area contributed by atoms with Crippen molar-refractivity contribution in [3.63, 3.8) is 0 Å². The Kier molecular flexibility index (Phi) is 6.89. The molecule has 0 radical (unpaired) electrons. The van der Waals surface area contributed by atoms with Crippen molar-refractivity contribution in [1.82, 2.24) is 5.32 Å². The molecule has 0 bridgehead atoms. The van der Waals surface area contributed by atoms with Crippen LogP contribution in [-0.4, -0.2) is 27.4 Å². The number of nitrogens with one attached hydrogen (secondary N) is 1. The van der Waals surface area contributed by atoms with Gasteiger partial charge in [-0.1, -0.05) is 13.0 Å². The topological polar surface area (TPSA) is 30.5 Å². The van der Waals surface area contributed by atoms with Crippen molar-refractivity contribution in [3.8, 4) is 5.75 Å². The first-order valence-electron chi connectivity index (χ1n) is 7.04. The summed E-state index contributed by atoms with van der Waals surface area (Å²) < 4.78 is 10.9. The molecule has 0 fully saturated rings. The molecule has 0 heterocycles. The maximum atomic E-state index is 5.59. The summed E-state index contributed by atoms with van der Waals surface area (Å²) in [7, 11) is 3.72. The quantitative estimate of drug-likeness (QED) is 0.731. The first-order valence-corrected chi connectivity index (χ1v) is 7.04. The van der Waals surface area contributed by atoms with Gasteiger partial charge < -0.3 is 14.8 Å². The van der Waals surface area contributed by atoms with Crippen LogP contribution in [0.1, 0.15) is 42.5 Å². The predicted octanol–water partition coefficient (Wildman–Crippen LogP) is 3.39. The average Bonchev–Trinajstić information content (AvgIpc) is 2.41. The highest BCUT2D eigenvalue weighted by molar-refractivity contribution is 5.42. The van der Waals surface area contributed by atoms with E-state index in [1.54, 1.807) is 7.11 Å². The van der Waals surface area contributed by atoms with E-state index in [1.165, 1.54) is 16.7 Å². The Morgan fingerprint density at radius 2 is 1.89 bits per heavy atom. The monoisotopic (exact) mass is 265 g/mol. The number of methoxy groups -OCH3 is 1. The number of hydrogen-bond acceptors (Lipinski definition) is 3. The Bertz CT molecular complexity index is 391. The molecule has 108 valence electrons. The fourth-order valence-electron chi connectivity index (χ4n) is 2.31. The van der Waals surface area contributed by atoms with Crippen molar-refractivity contribution >= 4 is 0 Å². The zero-order valence-corrected chi connectivity index (χ0v) is 12.9. The second-order valence-corrected chi connectivity index (χ2v) is 4.92. The Balaban J connectivity index is 2.77. The van der Waals surface area contributed by atoms with E-state index >= 15 is 0 Å². The van der Waals surface area contributed by atoms with E-state index in [0.717, 1.165) is 31.8 Å². The van der Waals surface area contributed by atoms with Crippen LogP contribution in [0.25, 0.3) is 0 Å². The molecule has 1 aromatic rings. The van der Waals surface area contributed by atoms with Gasteiger partial charge in [-0.05, 0) is 56.5 Å². The number of aryl methyl sites for hydroxylation is 2. The van der Waals surface area contributed by atoms with Crippen LogP contribution in [0.15, 0.2) is 12.1 Å². The van der Waals surface area contributed by atoms with Crippen LogP contribution in [0.4, 0.5) is 0 Å². The molecule has 0 aliphatic carbocycles. The molecule has 3 nitrogen and oxygen atoms in total. The van der Waals surface area contributed by atoms with Crippen molar-refractivity contribution in [2.45, 2.75) is 39.7 Å². The van der Waals surface area contributed by atoms with Crippen LogP contribution in [-0.2, 0) is 4.74 Å². The molecular weight excluding hydrogens is 238 g/mol. The van der Waals surface area contributed by atoms with Gasteiger partial charge in [0.15, 0.2) is 0 Å². The van der Waals surface area contributed by atoms with E-state index in [-0.39, 0.29) is 0 Å². The molecule has 3 heteroatoms. The van der Waals surface area contributed by atoms with Crippen LogP contribution in [0.5, 0.6) is 5.75 Å². The fraction of sp³-hybridized carbons (Fsp3) is 0.625. The highest BCUT2D eigenvalue weighted by Crippen LogP contribution is 2.28. The van der Waals surface area contributed by atoms with Crippen LogP contribution < -0.4 is 10.1 Å². The van der Waals surface area contributed by atoms with Crippen molar-refractivity contribution in [2.24, 2.45) is 0 Å². The zero-order valence-electron chi connectivity index (χ0n) is 12.9. The van der Waals surface area contributed by atoms with E-state index in [9.17, 15) is 0 Å². The molecule has 0 aliphatic rings. The molecule has 1 N–H and O–H groups in total. The van der Waals surface area contributed by atoms with Crippen LogP contribution in [0.3, 0.4) is 0 Å². The lowest BCUT2D eigenvalue weighted by atomic mass is 9.96. The Labute approximate surface area is 117 Å². The van der Waals surface area contributed by atoms with Crippen LogP contribution in [0.2, 0.25) is 0 Å². The second kappa shape index (κ2) is 8.18. The van der Waals surface area contributed by atoms with E-state index in [2.05, 4.69) is 38.2 Å². The number of ether oxygens (including phenoxy) is 2. The molecule has 1 unspecified atom stereocenters. The summed E-state index contributed by atoms with van der Waals surface area (Å²) >= 11 is 0. The lowest BCUT2D eigenvalue weighted by Gasteiger charge is -2.20. The maximum absolute atomic E-state index is 5.59. The SMILES string of the molecule is CCCOCCC(NC)c1cc(C)c(OC)cc1C. The normalized spacial score (nSPS) is 12.5. The summed E-state index contributed by atoms with van der Waals surface area (Å²) in [6, 6.07) is 4.67. The highest BCUT2D eigenvalue weighted by atomic mass is 16.5. The molecule has 0 aromatic heterocycles. The van der Waals surface area contributed by atoms with Crippen LogP contribution in [0, 0.1) is 13.8 Å². The molecule has 0 saturated carbocycles.